The average Bonchev–Trinajstić information content (AvgIpc) is 2.54. The summed E-state index contributed by atoms with van der Waals surface area (Å²) in [6.07, 6.45) is 2.86. The molecule has 1 aromatic carbocycles. The fourth-order valence-electron chi connectivity index (χ4n) is 3.15. The second kappa shape index (κ2) is 8.34. The van der Waals surface area contributed by atoms with Crippen LogP contribution in [0.5, 0.6) is 5.75 Å². The standard InChI is InChI=1S/C19H30N2O2/c1-14(2)13-18(15-5-7-17(23-4)8-6-15)20-19(22)16-9-11-21(3)12-10-16/h5-8,14,16,18H,9-13H2,1-4H3,(H,20,22)/t18-/m1/s1. The lowest BCUT2D eigenvalue weighted by Gasteiger charge is -2.30. The van der Waals surface area contributed by atoms with Crippen molar-refractivity contribution in [2.24, 2.45) is 11.8 Å². The van der Waals surface area contributed by atoms with Gasteiger partial charge in [-0.05, 0) is 63.0 Å². The molecule has 1 N–H and O–H groups in total. The third kappa shape index (κ3) is 5.24. The van der Waals surface area contributed by atoms with Crippen LogP contribution in [-0.2, 0) is 4.79 Å². The topological polar surface area (TPSA) is 41.6 Å². The summed E-state index contributed by atoms with van der Waals surface area (Å²) in [5.41, 5.74) is 1.15. The number of carbonyl (C=O) groups is 1. The fourth-order valence-corrected chi connectivity index (χ4v) is 3.15. The van der Waals surface area contributed by atoms with Gasteiger partial charge in [0, 0.05) is 5.92 Å². The third-order valence-corrected chi connectivity index (χ3v) is 4.63. The lowest BCUT2D eigenvalue weighted by molar-refractivity contribution is -0.127. The van der Waals surface area contributed by atoms with E-state index in [9.17, 15) is 4.79 Å². The van der Waals surface area contributed by atoms with E-state index in [0.29, 0.717) is 5.92 Å². The monoisotopic (exact) mass is 318 g/mol. The van der Waals surface area contributed by atoms with Crippen molar-refractivity contribution in [3.05, 3.63) is 29.8 Å². The third-order valence-electron chi connectivity index (χ3n) is 4.63. The molecule has 4 heteroatoms. The minimum atomic E-state index is 0.0769. The van der Waals surface area contributed by atoms with Gasteiger partial charge in [0.1, 0.15) is 5.75 Å². The Morgan fingerprint density at radius 2 is 1.87 bits per heavy atom. The van der Waals surface area contributed by atoms with E-state index in [0.717, 1.165) is 43.7 Å². The van der Waals surface area contributed by atoms with E-state index < -0.39 is 0 Å². The second-order valence-electron chi connectivity index (χ2n) is 7.04. The molecule has 1 heterocycles. The first-order valence-corrected chi connectivity index (χ1v) is 8.62. The molecule has 0 aliphatic carbocycles. The van der Waals surface area contributed by atoms with E-state index in [2.05, 4.69) is 43.2 Å². The Balaban J connectivity index is 2.03. The zero-order chi connectivity index (χ0) is 16.8. The summed E-state index contributed by atoms with van der Waals surface area (Å²) in [6.45, 7) is 6.40. The Labute approximate surface area is 140 Å². The van der Waals surface area contributed by atoms with Crippen molar-refractivity contribution < 1.29 is 9.53 Å². The van der Waals surface area contributed by atoms with E-state index in [1.807, 2.05) is 12.1 Å². The molecule has 1 aromatic rings. The smallest absolute Gasteiger partial charge is 0.223 e. The number of hydrogen-bond donors (Lipinski definition) is 1. The summed E-state index contributed by atoms with van der Waals surface area (Å²) >= 11 is 0. The SMILES string of the molecule is COc1ccc([C@@H](CC(C)C)NC(=O)C2CCN(C)CC2)cc1. The maximum Gasteiger partial charge on any atom is 0.223 e. The van der Waals surface area contributed by atoms with E-state index >= 15 is 0 Å². The molecule has 1 amide bonds. The number of carbonyl (C=O) groups excluding carboxylic acids is 1. The van der Waals surface area contributed by atoms with Crippen molar-refractivity contribution in [1.82, 2.24) is 10.2 Å². The predicted octanol–water partition coefficient (Wildman–Crippen LogP) is 3.24. The Bertz CT molecular complexity index is 491. The molecular formula is C19H30N2O2. The van der Waals surface area contributed by atoms with Crippen molar-refractivity contribution in [3.63, 3.8) is 0 Å². The van der Waals surface area contributed by atoms with Crippen LogP contribution in [0.15, 0.2) is 24.3 Å². The summed E-state index contributed by atoms with van der Waals surface area (Å²) in [5, 5.41) is 3.29. The molecule has 23 heavy (non-hydrogen) atoms. The number of benzene rings is 1. The summed E-state index contributed by atoms with van der Waals surface area (Å²) in [7, 11) is 3.79. The van der Waals surface area contributed by atoms with Gasteiger partial charge in [-0.2, -0.15) is 0 Å². The molecule has 1 fully saturated rings. The molecule has 128 valence electrons. The molecule has 1 atom stereocenters. The van der Waals surface area contributed by atoms with Crippen LogP contribution in [0, 0.1) is 11.8 Å². The van der Waals surface area contributed by atoms with Gasteiger partial charge in [-0.15, -0.1) is 0 Å². The lowest BCUT2D eigenvalue weighted by atomic mass is 9.93. The molecule has 4 nitrogen and oxygen atoms in total. The van der Waals surface area contributed by atoms with Crippen LogP contribution in [0.4, 0.5) is 0 Å². The van der Waals surface area contributed by atoms with Gasteiger partial charge in [-0.3, -0.25) is 4.79 Å². The molecule has 0 saturated carbocycles. The minimum Gasteiger partial charge on any atom is -0.497 e. The molecule has 0 radical (unpaired) electrons. The Hall–Kier alpha value is -1.55. The quantitative estimate of drug-likeness (QED) is 0.875. The summed E-state index contributed by atoms with van der Waals surface area (Å²) in [6, 6.07) is 8.11. The highest BCUT2D eigenvalue weighted by Gasteiger charge is 2.26. The minimum absolute atomic E-state index is 0.0769. The molecular weight excluding hydrogens is 288 g/mol. The van der Waals surface area contributed by atoms with Crippen LogP contribution in [0.25, 0.3) is 0 Å². The van der Waals surface area contributed by atoms with Crippen molar-refractivity contribution in [3.8, 4) is 5.75 Å². The van der Waals surface area contributed by atoms with Crippen molar-refractivity contribution in [1.29, 1.82) is 0 Å². The second-order valence-corrected chi connectivity index (χ2v) is 7.04. The first-order chi connectivity index (χ1) is 11.0. The van der Waals surface area contributed by atoms with Crippen molar-refractivity contribution in [2.75, 3.05) is 27.2 Å². The summed E-state index contributed by atoms with van der Waals surface area (Å²) in [5.74, 6) is 1.73. The van der Waals surface area contributed by atoms with E-state index in [1.54, 1.807) is 7.11 Å². The number of nitrogens with one attached hydrogen (secondary N) is 1. The van der Waals surface area contributed by atoms with E-state index in [4.69, 9.17) is 4.74 Å². The Morgan fingerprint density at radius 3 is 2.39 bits per heavy atom. The first-order valence-electron chi connectivity index (χ1n) is 8.62. The Morgan fingerprint density at radius 1 is 1.26 bits per heavy atom. The van der Waals surface area contributed by atoms with Crippen LogP contribution in [0.2, 0.25) is 0 Å². The molecule has 0 spiro atoms. The van der Waals surface area contributed by atoms with Gasteiger partial charge in [-0.1, -0.05) is 26.0 Å². The van der Waals surface area contributed by atoms with Gasteiger partial charge >= 0.3 is 0 Å². The largest absolute Gasteiger partial charge is 0.497 e. The van der Waals surface area contributed by atoms with Crippen LogP contribution in [-0.4, -0.2) is 38.1 Å². The predicted molar refractivity (Wildman–Crippen MR) is 93.6 cm³/mol. The van der Waals surface area contributed by atoms with Gasteiger partial charge in [0.25, 0.3) is 0 Å². The van der Waals surface area contributed by atoms with Gasteiger partial charge < -0.3 is 15.0 Å². The van der Waals surface area contributed by atoms with E-state index in [1.165, 1.54) is 0 Å². The molecule has 0 unspecified atom stereocenters. The number of piperidine rings is 1. The highest BCUT2D eigenvalue weighted by molar-refractivity contribution is 5.79. The van der Waals surface area contributed by atoms with Crippen LogP contribution < -0.4 is 10.1 Å². The van der Waals surface area contributed by atoms with Crippen LogP contribution >= 0.6 is 0 Å². The van der Waals surface area contributed by atoms with Gasteiger partial charge in [0.2, 0.25) is 5.91 Å². The maximum absolute atomic E-state index is 12.6. The van der Waals surface area contributed by atoms with Crippen LogP contribution in [0.1, 0.15) is 44.7 Å². The summed E-state index contributed by atoms with van der Waals surface area (Å²) in [4.78, 5) is 14.9. The number of methoxy groups -OCH3 is 1. The molecule has 1 aliphatic heterocycles. The van der Waals surface area contributed by atoms with Gasteiger partial charge in [0.15, 0.2) is 0 Å². The molecule has 1 saturated heterocycles. The van der Waals surface area contributed by atoms with Crippen LogP contribution in [0.3, 0.4) is 0 Å². The molecule has 0 aromatic heterocycles. The van der Waals surface area contributed by atoms with Gasteiger partial charge in [-0.25, -0.2) is 0 Å². The lowest BCUT2D eigenvalue weighted by Crippen LogP contribution is -2.40. The average molecular weight is 318 g/mol. The van der Waals surface area contributed by atoms with Crippen molar-refractivity contribution in [2.45, 2.75) is 39.2 Å². The number of nitrogens with zero attached hydrogens (tertiary/aromatic N) is 1. The highest BCUT2D eigenvalue weighted by atomic mass is 16.5. The Kier molecular flexibility index (Phi) is 6.46. The fraction of sp³-hybridized carbons (Fsp3) is 0.632. The molecule has 1 aliphatic rings. The molecule has 2 rings (SSSR count). The van der Waals surface area contributed by atoms with Gasteiger partial charge in [0.05, 0.1) is 13.2 Å². The zero-order valence-electron chi connectivity index (χ0n) is 14.8. The highest BCUT2D eigenvalue weighted by Crippen LogP contribution is 2.25. The number of amides is 1. The number of hydrogen-bond acceptors (Lipinski definition) is 3. The maximum atomic E-state index is 12.6. The van der Waals surface area contributed by atoms with Crippen molar-refractivity contribution >= 4 is 5.91 Å². The molecule has 0 bridgehead atoms. The number of likely N-dealkylation sites (tertiary alicyclic amines) is 1. The first kappa shape index (κ1) is 17.8. The zero-order valence-corrected chi connectivity index (χ0v) is 14.8. The van der Waals surface area contributed by atoms with E-state index in [-0.39, 0.29) is 17.9 Å². The number of rotatable bonds is 6. The summed E-state index contributed by atoms with van der Waals surface area (Å²) < 4.78 is 5.22. The number of ether oxygens (including phenoxy) is 1. The normalized spacial score (nSPS) is 18.0.